The Morgan fingerprint density at radius 2 is 2.05 bits per heavy atom. The summed E-state index contributed by atoms with van der Waals surface area (Å²) in [5.74, 6) is -0.815. The average molecular weight is 264 g/mol. The lowest BCUT2D eigenvalue weighted by molar-refractivity contribution is -0.136. The fourth-order valence-electron chi connectivity index (χ4n) is 1.70. The van der Waals surface area contributed by atoms with Gasteiger partial charge < -0.3 is 16.2 Å². The number of rotatable bonds is 7. The van der Waals surface area contributed by atoms with E-state index >= 15 is 0 Å². The predicted octanol–water partition coefficient (Wildman–Crippen LogP) is 1.63. The van der Waals surface area contributed by atoms with Gasteiger partial charge in [-0.3, -0.25) is 9.59 Å². The van der Waals surface area contributed by atoms with Crippen LogP contribution in [0.2, 0.25) is 0 Å². The van der Waals surface area contributed by atoms with Gasteiger partial charge in [0, 0.05) is 18.5 Å². The van der Waals surface area contributed by atoms with E-state index in [1.807, 2.05) is 25.1 Å². The van der Waals surface area contributed by atoms with Gasteiger partial charge in [0.25, 0.3) is 0 Å². The Labute approximate surface area is 112 Å². The fourth-order valence-corrected chi connectivity index (χ4v) is 1.70. The largest absolute Gasteiger partial charge is 0.481 e. The molecule has 0 bridgehead atoms. The zero-order chi connectivity index (χ0) is 14.3. The first kappa shape index (κ1) is 15.2. The molecule has 0 aliphatic carbocycles. The van der Waals surface area contributed by atoms with Gasteiger partial charge >= 0.3 is 5.97 Å². The molecular formula is C14H20N2O3. The topological polar surface area (TPSA) is 92.4 Å². The maximum atomic E-state index is 11.8. The third-order valence-corrected chi connectivity index (χ3v) is 2.84. The molecule has 5 heteroatoms. The van der Waals surface area contributed by atoms with Gasteiger partial charge in [0.15, 0.2) is 0 Å². The number of para-hydroxylation sites is 1. The highest BCUT2D eigenvalue weighted by Crippen LogP contribution is 2.17. The van der Waals surface area contributed by atoms with Crippen LogP contribution < -0.4 is 11.1 Å². The van der Waals surface area contributed by atoms with E-state index in [9.17, 15) is 9.59 Å². The van der Waals surface area contributed by atoms with Crippen LogP contribution >= 0.6 is 0 Å². The molecule has 1 rings (SSSR count). The van der Waals surface area contributed by atoms with Gasteiger partial charge in [-0.1, -0.05) is 25.1 Å². The molecule has 104 valence electrons. The molecule has 0 aliphatic heterocycles. The Hall–Kier alpha value is -1.88. The lowest BCUT2D eigenvalue weighted by Crippen LogP contribution is -2.20. The maximum absolute atomic E-state index is 11.8. The third-order valence-electron chi connectivity index (χ3n) is 2.84. The van der Waals surface area contributed by atoms with Gasteiger partial charge in [-0.15, -0.1) is 0 Å². The number of aryl methyl sites for hydroxylation is 1. The molecule has 0 saturated carbocycles. The maximum Gasteiger partial charge on any atom is 0.303 e. The van der Waals surface area contributed by atoms with E-state index < -0.39 is 5.97 Å². The number of nitrogens with two attached hydrogens (primary N) is 1. The lowest BCUT2D eigenvalue weighted by atomic mass is 10.1. The number of nitrogens with one attached hydrogen (secondary N) is 1. The van der Waals surface area contributed by atoms with E-state index in [0.717, 1.165) is 5.56 Å². The van der Waals surface area contributed by atoms with Crippen LogP contribution in [0.15, 0.2) is 24.3 Å². The second-order valence-corrected chi connectivity index (χ2v) is 4.64. The summed E-state index contributed by atoms with van der Waals surface area (Å²) in [6.07, 6.45) is 0.814. The van der Waals surface area contributed by atoms with E-state index in [1.54, 1.807) is 6.07 Å². The van der Waals surface area contributed by atoms with Crippen LogP contribution in [0, 0.1) is 5.92 Å². The molecule has 0 saturated heterocycles. The van der Waals surface area contributed by atoms with Crippen LogP contribution in [0.4, 0.5) is 5.69 Å². The number of carbonyl (C=O) groups excluding carboxylic acids is 1. The summed E-state index contributed by atoms with van der Waals surface area (Å²) in [6, 6.07) is 7.24. The Balaban J connectivity index is 2.66. The number of carboxylic acids is 1. The summed E-state index contributed by atoms with van der Waals surface area (Å²) in [6.45, 7) is 2.38. The number of amides is 1. The fraction of sp³-hybridized carbons (Fsp3) is 0.429. The number of carbonyl (C=O) groups is 2. The zero-order valence-electron chi connectivity index (χ0n) is 11.1. The molecule has 1 atom stereocenters. The van der Waals surface area contributed by atoms with E-state index in [1.165, 1.54) is 0 Å². The lowest BCUT2D eigenvalue weighted by Gasteiger charge is -2.12. The summed E-state index contributed by atoms with van der Waals surface area (Å²) in [5.41, 5.74) is 6.99. The quantitative estimate of drug-likeness (QED) is 0.697. The van der Waals surface area contributed by atoms with Gasteiger partial charge in [-0.05, 0) is 30.5 Å². The van der Waals surface area contributed by atoms with Gasteiger partial charge in [-0.2, -0.15) is 0 Å². The molecule has 0 fully saturated rings. The van der Waals surface area contributed by atoms with Crippen LogP contribution in [0.25, 0.3) is 0 Å². The standard InChI is InChI=1S/C14H20N2O3/c1-10(9-15)8-13(17)16-12-5-3-2-4-11(12)6-7-14(18)19/h2-5,10H,6-9,15H2,1H3,(H,16,17)(H,18,19). The third kappa shape index (κ3) is 5.52. The van der Waals surface area contributed by atoms with Crippen molar-refractivity contribution in [2.75, 3.05) is 11.9 Å². The molecule has 0 radical (unpaired) electrons. The first-order valence-electron chi connectivity index (χ1n) is 6.32. The van der Waals surface area contributed by atoms with E-state index in [2.05, 4.69) is 5.32 Å². The van der Waals surface area contributed by atoms with Gasteiger partial charge in [0.05, 0.1) is 0 Å². The van der Waals surface area contributed by atoms with Gasteiger partial charge in [0.2, 0.25) is 5.91 Å². The zero-order valence-corrected chi connectivity index (χ0v) is 11.1. The number of benzene rings is 1. The van der Waals surface area contributed by atoms with Crippen LogP contribution in [-0.2, 0) is 16.0 Å². The van der Waals surface area contributed by atoms with Crippen molar-refractivity contribution in [3.8, 4) is 0 Å². The Kier molecular flexibility index (Phi) is 6.02. The molecule has 1 amide bonds. The van der Waals surface area contributed by atoms with E-state index in [0.29, 0.717) is 25.1 Å². The van der Waals surface area contributed by atoms with Crippen molar-refractivity contribution in [3.05, 3.63) is 29.8 Å². The Morgan fingerprint density at radius 1 is 1.37 bits per heavy atom. The highest BCUT2D eigenvalue weighted by molar-refractivity contribution is 5.91. The highest BCUT2D eigenvalue weighted by Gasteiger charge is 2.10. The molecule has 0 heterocycles. The molecule has 1 unspecified atom stereocenters. The summed E-state index contributed by atoms with van der Waals surface area (Å²) in [7, 11) is 0. The van der Waals surface area contributed by atoms with Crippen molar-refractivity contribution in [2.45, 2.75) is 26.2 Å². The van der Waals surface area contributed by atoms with Crippen molar-refractivity contribution in [1.82, 2.24) is 0 Å². The minimum Gasteiger partial charge on any atom is -0.481 e. The first-order chi connectivity index (χ1) is 9.02. The minimum atomic E-state index is -0.849. The molecule has 1 aromatic rings. The predicted molar refractivity (Wildman–Crippen MR) is 73.9 cm³/mol. The summed E-state index contributed by atoms with van der Waals surface area (Å²) in [5, 5.41) is 11.5. The number of hydrogen-bond donors (Lipinski definition) is 3. The molecule has 5 nitrogen and oxygen atoms in total. The molecular weight excluding hydrogens is 244 g/mol. The summed E-state index contributed by atoms with van der Waals surface area (Å²) in [4.78, 5) is 22.4. The second kappa shape index (κ2) is 7.53. The monoisotopic (exact) mass is 264 g/mol. The van der Waals surface area contributed by atoms with Crippen LogP contribution in [0.1, 0.15) is 25.3 Å². The van der Waals surface area contributed by atoms with Gasteiger partial charge in [-0.25, -0.2) is 0 Å². The SMILES string of the molecule is CC(CN)CC(=O)Nc1ccccc1CCC(=O)O. The van der Waals surface area contributed by atoms with Crippen molar-refractivity contribution in [1.29, 1.82) is 0 Å². The van der Waals surface area contributed by atoms with E-state index in [-0.39, 0.29) is 18.2 Å². The normalized spacial score (nSPS) is 11.9. The van der Waals surface area contributed by atoms with Crippen LogP contribution in [-0.4, -0.2) is 23.5 Å². The van der Waals surface area contributed by atoms with Crippen molar-refractivity contribution in [3.63, 3.8) is 0 Å². The number of hydrogen-bond acceptors (Lipinski definition) is 3. The van der Waals surface area contributed by atoms with Crippen LogP contribution in [0.5, 0.6) is 0 Å². The van der Waals surface area contributed by atoms with Gasteiger partial charge in [0.1, 0.15) is 0 Å². The summed E-state index contributed by atoms with van der Waals surface area (Å²) < 4.78 is 0. The number of anilines is 1. The molecule has 19 heavy (non-hydrogen) atoms. The number of carboxylic acid groups (broad SMARTS) is 1. The molecule has 0 spiro atoms. The summed E-state index contributed by atoms with van der Waals surface area (Å²) >= 11 is 0. The van der Waals surface area contributed by atoms with Crippen LogP contribution in [0.3, 0.4) is 0 Å². The van der Waals surface area contributed by atoms with Crippen molar-refractivity contribution in [2.24, 2.45) is 11.7 Å². The molecule has 1 aromatic carbocycles. The van der Waals surface area contributed by atoms with Crippen molar-refractivity contribution < 1.29 is 14.7 Å². The first-order valence-corrected chi connectivity index (χ1v) is 6.32. The molecule has 0 aromatic heterocycles. The second-order valence-electron chi connectivity index (χ2n) is 4.64. The highest BCUT2D eigenvalue weighted by atomic mass is 16.4. The average Bonchev–Trinajstić information content (AvgIpc) is 2.37. The van der Waals surface area contributed by atoms with Crippen molar-refractivity contribution >= 4 is 17.6 Å². The smallest absolute Gasteiger partial charge is 0.303 e. The Bertz CT molecular complexity index is 446. The number of aliphatic carboxylic acids is 1. The van der Waals surface area contributed by atoms with E-state index in [4.69, 9.17) is 10.8 Å². The molecule has 0 aliphatic rings. The molecule has 4 N–H and O–H groups in total. The minimum absolute atomic E-state index is 0.0477. The Morgan fingerprint density at radius 3 is 2.68 bits per heavy atom.